The van der Waals surface area contributed by atoms with Gasteiger partial charge in [-0.25, -0.2) is 0 Å². The number of carbonyl (C=O) groups excluding carboxylic acids is 1. The molecule has 0 bridgehead atoms. The summed E-state index contributed by atoms with van der Waals surface area (Å²) in [7, 11) is 0. The Morgan fingerprint density at radius 3 is 2.47 bits per heavy atom. The molecule has 0 spiro atoms. The molecule has 1 aromatic carbocycles. The van der Waals surface area contributed by atoms with Gasteiger partial charge in [0, 0.05) is 30.6 Å². The van der Waals surface area contributed by atoms with Crippen LogP contribution < -0.4 is 0 Å². The Morgan fingerprint density at radius 1 is 1.21 bits per heavy atom. The average Bonchev–Trinajstić information content (AvgIpc) is 3.29. The molecule has 2 aliphatic rings. The molecule has 2 saturated carbocycles. The van der Waals surface area contributed by atoms with Gasteiger partial charge in [-0.15, -0.1) is 0 Å². The first-order valence-electron chi connectivity index (χ1n) is 7.57. The topological polar surface area (TPSA) is 20.3 Å². The highest BCUT2D eigenvalue weighted by atomic mass is 16.1. The van der Waals surface area contributed by atoms with Gasteiger partial charge in [0.05, 0.1) is 0 Å². The van der Waals surface area contributed by atoms with Crippen LogP contribution in [0.3, 0.4) is 0 Å². The molecule has 102 valence electrons. The number of nitrogens with zero attached hydrogens (tertiary/aromatic N) is 1. The minimum Gasteiger partial charge on any atom is -0.299 e. The molecule has 0 aliphatic heterocycles. The Kier molecular flexibility index (Phi) is 3.69. The molecule has 0 radical (unpaired) electrons. The molecule has 0 saturated heterocycles. The summed E-state index contributed by atoms with van der Waals surface area (Å²) in [6.07, 6.45) is 5.45. The molecule has 2 aliphatic carbocycles. The van der Waals surface area contributed by atoms with Crippen molar-refractivity contribution >= 4 is 5.78 Å². The van der Waals surface area contributed by atoms with E-state index < -0.39 is 0 Å². The standard InChI is InChI=1S/C17H23NO/c1-13(17(19)15-5-3-2-4-6-15)11-18(16-9-10-16)12-14-7-8-14/h2-6,13-14,16H,7-12H2,1H3. The van der Waals surface area contributed by atoms with Crippen molar-refractivity contribution in [1.82, 2.24) is 4.90 Å². The van der Waals surface area contributed by atoms with Gasteiger partial charge in [-0.3, -0.25) is 9.69 Å². The van der Waals surface area contributed by atoms with Crippen molar-refractivity contribution in [1.29, 1.82) is 0 Å². The second-order valence-corrected chi connectivity index (χ2v) is 6.26. The summed E-state index contributed by atoms with van der Waals surface area (Å²) in [5.74, 6) is 1.32. The fourth-order valence-electron chi connectivity index (χ4n) is 2.77. The van der Waals surface area contributed by atoms with Crippen molar-refractivity contribution < 1.29 is 4.79 Å². The molecule has 0 aromatic heterocycles. The van der Waals surface area contributed by atoms with Crippen LogP contribution in [0.1, 0.15) is 43.0 Å². The predicted octanol–water partition coefficient (Wildman–Crippen LogP) is 3.38. The van der Waals surface area contributed by atoms with Crippen molar-refractivity contribution in [2.45, 2.75) is 38.6 Å². The number of benzene rings is 1. The van der Waals surface area contributed by atoms with Crippen LogP contribution in [-0.4, -0.2) is 29.8 Å². The number of rotatable bonds is 7. The minimum atomic E-state index is 0.113. The number of hydrogen-bond acceptors (Lipinski definition) is 2. The van der Waals surface area contributed by atoms with Crippen molar-refractivity contribution in [3.63, 3.8) is 0 Å². The summed E-state index contributed by atoms with van der Waals surface area (Å²) in [5, 5.41) is 0. The highest BCUT2D eigenvalue weighted by Gasteiger charge is 2.35. The summed E-state index contributed by atoms with van der Waals surface area (Å²) in [6.45, 7) is 4.24. The zero-order valence-corrected chi connectivity index (χ0v) is 11.7. The fraction of sp³-hybridized carbons (Fsp3) is 0.588. The molecule has 0 amide bonds. The zero-order chi connectivity index (χ0) is 13.2. The lowest BCUT2D eigenvalue weighted by Crippen LogP contribution is -2.35. The van der Waals surface area contributed by atoms with Crippen molar-refractivity contribution in [2.75, 3.05) is 13.1 Å². The highest BCUT2D eigenvalue weighted by molar-refractivity contribution is 5.97. The van der Waals surface area contributed by atoms with Gasteiger partial charge < -0.3 is 0 Å². The van der Waals surface area contributed by atoms with Gasteiger partial charge in [-0.05, 0) is 31.6 Å². The van der Waals surface area contributed by atoms with Crippen LogP contribution in [0, 0.1) is 11.8 Å². The number of carbonyl (C=O) groups is 1. The number of ketones is 1. The zero-order valence-electron chi connectivity index (χ0n) is 11.7. The monoisotopic (exact) mass is 257 g/mol. The van der Waals surface area contributed by atoms with Crippen LogP contribution in [0.15, 0.2) is 30.3 Å². The maximum Gasteiger partial charge on any atom is 0.166 e. The SMILES string of the molecule is CC(CN(CC1CC1)C1CC1)C(=O)c1ccccc1. The Labute approximate surface area is 115 Å². The largest absolute Gasteiger partial charge is 0.299 e. The molecule has 1 aromatic rings. The molecule has 3 rings (SSSR count). The normalized spacial score (nSPS) is 20.5. The lowest BCUT2D eigenvalue weighted by atomic mass is 9.98. The van der Waals surface area contributed by atoms with Gasteiger partial charge in [0.2, 0.25) is 0 Å². The quantitative estimate of drug-likeness (QED) is 0.698. The Hall–Kier alpha value is -1.15. The molecule has 1 unspecified atom stereocenters. The summed E-state index contributed by atoms with van der Waals surface area (Å²) in [6, 6.07) is 10.5. The molecule has 0 heterocycles. The predicted molar refractivity (Wildman–Crippen MR) is 77.3 cm³/mol. The average molecular weight is 257 g/mol. The molecular formula is C17H23NO. The highest BCUT2D eigenvalue weighted by Crippen LogP contribution is 2.35. The Balaban J connectivity index is 1.59. The van der Waals surface area contributed by atoms with E-state index in [2.05, 4.69) is 11.8 Å². The van der Waals surface area contributed by atoms with E-state index in [1.54, 1.807) is 0 Å². The third kappa shape index (κ3) is 3.44. The summed E-state index contributed by atoms with van der Waals surface area (Å²) in [5.41, 5.74) is 0.858. The second-order valence-electron chi connectivity index (χ2n) is 6.26. The van der Waals surface area contributed by atoms with E-state index >= 15 is 0 Å². The van der Waals surface area contributed by atoms with Gasteiger partial charge in [0.25, 0.3) is 0 Å². The third-order valence-electron chi connectivity index (χ3n) is 4.27. The first-order valence-corrected chi connectivity index (χ1v) is 7.57. The van der Waals surface area contributed by atoms with E-state index in [0.717, 1.165) is 24.1 Å². The van der Waals surface area contributed by atoms with E-state index in [1.807, 2.05) is 30.3 Å². The maximum absolute atomic E-state index is 12.4. The molecule has 2 heteroatoms. The lowest BCUT2D eigenvalue weighted by Gasteiger charge is -2.25. The number of Topliss-reactive ketones (excluding diaryl/α,β-unsaturated/α-hetero) is 1. The second kappa shape index (κ2) is 5.46. The minimum absolute atomic E-state index is 0.113. The molecule has 0 N–H and O–H groups in total. The van der Waals surface area contributed by atoms with Crippen molar-refractivity contribution in [2.24, 2.45) is 11.8 Å². The van der Waals surface area contributed by atoms with E-state index in [0.29, 0.717) is 5.78 Å². The Bertz CT molecular complexity index is 434. The van der Waals surface area contributed by atoms with Crippen LogP contribution in [-0.2, 0) is 0 Å². The smallest absolute Gasteiger partial charge is 0.166 e. The van der Waals surface area contributed by atoms with Crippen molar-refractivity contribution in [3.05, 3.63) is 35.9 Å². The first-order chi connectivity index (χ1) is 9.24. The first kappa shape index (κ1) is 12.9. The van der Waals surface area contributed by atoms with Gasteiger partial charge >= 0.3 is 0 Å². The van der Waals surface area contributed by atoms with E-state index in [-0.39, 0.29) is 5.92 Å². The van der Waals surface area contributed by atoms with Crippen LogP contribution in [0.5, 0.6) is 0 Å². The van der Waals surface area contributed by atoms with Crippen LogP contribution in [0.4, 0.5) is 0 Å². The molecule has 19 heavy (non-hydrogen) atoms. The summed E-state index contributed by atoms with van der Waals surface area (Å²) < 4.78 is 0. The maximum atomic E-state index is 12.4. The van der Waals surface area contributed by atoms with Crippen molar-refractivity contribution in [3.8, 4) is 0 Å². The van der Waals surface area contributed by atoms with Gasteiger partial charge in [0.15, 0.2) is 5.78 Å². The van der Waals surface area contributed by atoms with Gasteiger partial charge in [-0.2, -0.15) is 0 Å². The van der Waals surface area contributed by atoms with E-state index in [9.17, 15) is 4.79 Å². The Morgan fingerprint density at radius 2 is 1.89 bits per heavy atom. The summed E-state index contributed by atoms with van der Waals surface area (Å²) in [4.78, 5) is 15.0. The van der Waals surface area contributed by atoms with Crippen LogP contribution >= 0.6 is 0 Å². The van der Waals surface area contributed by atoms with Crippen LogP contribution in [0.2, 0.25) is 0 Å². The molecular weight excluding hydrogens is 234 g/mol. The summed E-state index contributed by atoms with van der Waals surface area (Å²) >= 11 is 0. The third-order valence-corrected chi connectivity index (χ3v) is 4.27. The van der Waals surface area contributed by atoms with E-state index in [1.165, 1.54) is 32.2 Å². The molecule has 1 atom stereocenters. The lowest BCUT2D eigenvalue weighted by molar-refractivity contribution is 0.0887. The fourth-order valence-corrected chi connectivity index (χ4v) is 2.77. The van der Waals surface area contributed by atoms with E-state index in [4.69, 9.17) is 0 Å². The van der Waals surface area contributed by atoms with Gasteiger partial charge in [-0.1, -0.05) is 37.3 Å². The van der Waals surface area contributed by atoms with Gasteiger partial charge in [0.1, 0.15) is 0 Å². The number of hydrogen-bond donors (Lipinski definition) is 0. The molecule has 2 fully saturated rings. The van der Waals surface area contributed by atoms with Crippen LogP contribution in [0.25, 0.3) is 0 Å². The molecule has 2 nitrogen and oxygen atoms in total.